The van der Waals surface area contributed by atoms with Gasteiger partial charge in [0.15, 0.2) is 0 Å². The van der Waals surface area contributed by atoms with Crippen molar-refractivity contribution in [2.45, 2.75) is 0 Å². The molecular weight excluding hydrogens is 296 g/mol. The van der Waals surface area contributed by atoms with E-state index in [4.69, 9.17) is 8.19 Å². The topological polar surface area (TPSA) is 85.5 Å². The van der Waals surface area contributed by atoms with Gasteiger partial charge in [0.25, 0.3) is 0 Å². The molecule has 0 bridgehead atoms. The first-order valence-corrected chi connectivity index (χ1v) is 7.53. The van der Waals surface area contributed by atoms with Crippen molar-refractivity contribution in [2.24, 2.45) is 10.3 Å². The zero-order valence-electron chi connectivity index (χ0n) is 8.81. The number of nitrogens with zero attached hydrogens (tertiary/aromatic N) is 3. The Labute approximate surface area is 102 Å². The monoisotopic (exact) mass is 309 g/mol. The number of rotatable bonds is 3. The van der Waals surface area contributed by atoms with E-state index in [-0.39, 0.29) is 16.8 Å². The average Bonchev–Trinajstić information content (AvgIpc) is 2.14. The molecule has 2 N–H and O–H groups in total. The van der Waals surface area contributed by atoms with Gasteiger partial charge in [-0.25, -0.2) is 0 Å². The van der Waals surface area contributed by atoms with Gasteiger partial charge in [-0.2, -0.15) is 0 Å². The van der Waals surface area contributed by atoms with Crippen LogP contribution in [-0.2, 0) is 3.74 Å². The van der Waals surface area contributed by atoms with E-state index in [2.05, 4.69) is 10.3 Å². The Balaban J connectivity index is 0.00000225. The van der Waals surface area contributed by atoms with Gasteiger partial charge in [0.05, 0.1) is 0 Å². The van der Waals surface area contributed by atoms with Crippen molar-refractivity contribution in [3.8, 4) is 0 Å². The molecule has 1 rings (SSSR count). The first kappa shape index (κ1) is 15.2. The van der Waals surface area contributed by atoms with Crippen LogP contribution in [0.15, 0.2) is 34.6 Å². The summed E-state index contributed by atoms with van der Waals surface area (Å²) in [5.41, 5.74) is 0.552. The maximum Gasteiger partial charge on any atom is -0.147 e. The molecule has 0 aromatic heterocycles. The second kappa shape index (κ2) is 6.06. The van der Waals surface area contributed by atoms with Gasteiger partial charge in [-0.3, -0.25) is 0 Å². The first-order chi connectivity index (χ1) is 6.89. The standard InChI is InChI=1S/C8H12AsN3O3.ClH/c1-12(2)11-10-8-5-3-7(4-6-8)9(13,14)15;/h3-6H,1-2H3,(H2,13,14,15);1H. The molecule has 16 heavy (non-hydrogen) atoms. The second-order valence-corrected chi connectivity index (χ2v) is 6.46. The van der Waals surface area contributed by atoms with E-state index in [1.54, 1.807) is 14.1 Å². The molecule has 8 heteroatoms. The van der Waals surface area contributed by atoms with Crippen LogP contribution in [0.25, 0.3) is 0 Å². The Hall–Kier alpha value is -0.812. The van der Waals surface area contributed by atoms with Gasteiger partial charge < -0.3 is 0 Å². The van der Waals surface area contributed by atoms with Crippen LogP contribution in [0.4, 0.5) is 5.69 Å². The molecule has 0 spiro atoms. The van der Waals surface area contributed by atoms with Crippen LogP contribution in [0.3, 0.4) is 0 Å². The van der Waals surface area contributed by atoms with Crippen molar-refractivity contribution in [3.05, 3.63) is 24.3 Å². The molecule has 0 aliphatic carbocycles. The molecule has 0 aliphatic heterocycles. The molecule has 0 atom stereocenters. The molecule has 0 aliphatic rings. The van der Waals surface area contributed by atoms with Crippen molar-refractivity contribution < 1.29 is 11.9 Å². The summed E-state index contributed by atoms with van der Waals surface area (Å²) in [6.07, 6.45) is 0. The maximum absolute atomic E-state index is 10.9. The summed E-state index contributed by atoms with van der Waals surface area (Å²) in [6, 6.07) is 5.76. The number of hydrogen-bond acceptors (Lipinski definition) is 3. The minimum atomic E-state index is -4.76. The van der Waals surface area contributed by atoms with Crippen molar-refractivity contribution in [1.29, 1.82) is 0 Å². The van der Waals surface area contributed by atoms with E-state index in [9.17, 15) is 3.74 Å². The largest absolute Gasteiger partial charge is 0.147 e. The van der Waals surface area contributed by atoms with Gasteiger partial charge >= 0.3 is 89.8 Å². The van der Waals surface area contributed by atoms with Crippen LogP contribution in [0.2, 0.25) is 0 Å². The number of benzene rings is 1. The molecule has 0 radical (unpaired) electrons. The second-order valence-electron chi connectivity index (χ2n) is 3.10. The molecule has 0 unspecified atom stereocenters. The van der Waals surface area contributed by atoms with Gasteiger partial charge in [-0.05, 0) is 0 Å². The molecule has 0 amide bonds. The van der Waals surface area contributed by atoms with Gasteiger partial charge in [-0.15, -0.1) is 12.4 Å². The van der Waals surface area contributed by atoms with Crippen LogP contribution >= 0.6 is 12.4 Å². The summed E-state index contributed by atoms with van der Waals surface area (Å²) in [4.78, 5) is 0. The summed E-state index contributed by atoms with van der Waals surface area (Å²) >= 11 is -4.76. The van der Waals surface area contributed by atoms with Crippen molar-refractivity contribution in [2.75, 3.05) is 14.1 Å². The molecular formula is C8H13AsClN3O3. The predicted molar refractivity (Wildman–Crippen MR) is 62.4 cm³/mol. The van der Waals surface area contributed by atoms with Gasteiger partial charge in [-0.1, -0.05) is 0 Å². The molecule has 1 aromatic rings. The summed E-state index contributed by atoms with van der Waals surface area (Å²) in [5, 5.41) is 9.12. The zero-order valence-corrected chi connectivity index (χ0v) is 11.5. The van der Waals surface area contributed by atoms with Crippen LogP contribution in [0.5, 0.6) is 0 Å². The molecule has 0 heterocycles. The first-order valence-electron chi connectivity index (χ1n) is 4.15. The van der Waals surface area contributed by atoms with Crippen LogP contribution < -0.4 is 4.35 Å². The quantitative estimate of drug-likeness (QED) is 0.475. The third-order valence-corrected chi connectivity index (χ3v) is 3.56. The Kier molecular flexibility index (Phi) is 5.75. The van der Waals surface area contributed by atoms with E-state index in [1.165, 1.54) is 29.3 Å². The smallest absolute Gasteiger partial charge is 0.147 e. The van der Waals surface area contributed by atoms with E-state index < -0.39 is 14.2 Å². The van der Waals surface area contributed by atoms with Gasteiger partial charge in [0.2, 0.25) is 0 Å². The van der Waals surface area contributed by atoms with Crippen LogP contribution in [0, 0.1) is 0 Å². The predicted octanol–water partition coefficient (Wildman–Crippen LogP) is 0.230. The zero-order chi connectivity index (χ0) is 11.5. The Morgan fingerprint density at radius 3 is 2.06 bits per heavy atom. The molecule has 90 valence electrons. The van der Waals surface area contributed by atoms with Crippen LogP contribution in [0.1, 0.15) is 0 Å². The normalized spacial score (nSPS) is 11.2. The Morgan fingerprint density at radius 1 is 1.19 bits per heavy atom. The van der Waals surface area contributed by atoms with Crippen molar-refractivity contribution in [3.63, 3.8) is 0 Å². The molecule has 0 saturated heterocycles. The van der Waals surface area contributed by atoms with Crippen LogP contribution in [-0.4, -0.2) is 41.5 Å². The fourth-order valence-corrected chi connectivity index (χ4v) is 1.98. The van der Waals surface area contributed by atoms with E-state index in [0.29, 0.717) is 5.69 Å². The van der Waals surface area contributed by atoms with E-state index in [1.807, 2.05) is 0 Å². The number of hydrogen-bond donors (Lipinski definition) is 2. The minimum Gasteiger partial charge on any atom is -0.147 e. The number of halogens is 1. The molecule has 6 nitrogen and oxygen atoms in total. The van der Waals surface area contributed by atoms with E-state index in [0.717, 1.165) is 0 Å². The summed E-state index contributed by atoms with van der Waals surface area (Å²) in [5.74, 6) is 0. The fraction of sp³-hybridized carbons (Fsp3) is 0.250. The molecule has 0 saturated carbocycles. The average molecular weight is 310 g/mol. The molecule has 0 fully saturated rings. The SMILES string of the molecule is CN(C)N=Nc1ccc([As](=O)(O)O)cc1.Cl. The third kappa shape index (κ3) is 4.81. The third-order valence-electron chi connectivity index (χ3n) is 1.53. The van der Waals surface area contributed by atoms with Crippen molar-refractivity contribution in [1.82, 2.24) is 5.01 Å². The van der Waals surface area contributed by atoms with Gasteiger partial charge in [0, 0.05) is 0 Å². The minimum absolute atomic E-state index is 0. The summed E-state index contributed by atoms with van der Waals surface area (Å²) < 4.78 is 28.8. The van der Waals surface area contributed by atoms with E-state index >= 15 is 0 Å². The summed E-state index contributed by atoms with van der Waals surface area (Å²) in [7, 11) is 3.47. The fourth-order valence-electron chi connectivity index (χ4n) is 0.855. The Morgan fingerprint density at radius 2 is 1.69 bits per heavy atom. The Bertz CT molecular complexity index is 401. The van der Waals surface area contributed by atoms with Gasteiger partial charge in [0.1, 0.15) is 0 Å². The maximum atomic E-state index is 10.9. The summed E-state index contributed by atoms with van der Waals surface area (Å²) in [6.45, 7) is 0. The molecule has 1 aromatic carbocycles. The van der Waals surface area contributed by atoms with Crippen molar-refractivity contribution >= 4 is 36.6 Å².